The van der Waals surface area contributed by atoms with Gasteiger partial charge in [0, 0.05) is 22.7 Å². The van der Waals surface area contributed by atoms with Crippen LogP contribution in [0.1, 0.15) is 23.0 Å². The van der Waals surface area contributed by atoms with Gasteiger partial charge >= 0.3 is 11.7 Å². The fourth-order valence-corrected chi connectivity index (χ4v) is 2.52. The number of aromatic nitrogens is 1. The van der Waals surface area contributed by atoms with Gasteiger partial charge in [-0.25, -0.2) is 4.79 Å². The maximum Gasteiger partial charge on any atom is 0.360 e. The Morgan fingerprint density at radius 3 is 2.64 bits per heavy atom. The Balaban J connectivity index is 1.82. The molecule has 0 saturated heterocycles. The first-order chi connectivity index (χ1) is 13.5. The standard InChI is InChI=1S/C19H15ClN2O6/c1-2-26-19(23)15-10-18(28-21-15)13-5-8-17(16(9-13)22(24)25)27-11-12-3-6-14(20)7-4-12/h3-10H,2,11H2,1H3. The molecule has 9 heteroatoms. The van der Waals surface area contributed by atoms with E-state index in [1.165, 1.54) is 18.2 Å². The molecule has 1 heterocycles. The summed E-state index contributed by atoms with van der Waals surface area (Å²) in [5, 5.41) is 15.7. The van der Waals surface area contributed by atoms with Crippen LogP contribution < -0.4 is 4.74 Å². The molecule has 3 aromatic rings. The van der Waals surface area contributed by atoms with Crippen LogP contribution in [0.15, 0.2) is 53.1 Å². The highest BCUT2D eigenvalue weighted by molar-refractivity contribution is 6.30. The van der Waals surface area contributed by atoms with Crippen LogP contribution in [0, 0.1) is 10.1 Å². The molecule has 0 spiro atoms. The zero-order valence-corrected chi connectivity index (χ0v) is 15.5. The summed E-state index contributed by atoms with van der Waals surface area (Å²) in [6.07, 6.45) is 0. The van der Waals surface area contributed by atoms with Crippen LogP contribution in [0.2, 0.25) is 5.02 Å². The minimum Gasteiger partial charge on any atom is -0.482 e. The predicted octanol–water partition coefficient (Wildman–Crippen LogP) is 4.66. The minimum absolute atomic E-state index is 0.0115. The van der Waals surface area contributed by atoms with Crippen molar-refractivity contribution in [3.8, 4) is 17.1 Å². The van der Waals surface area contributed by atoms with Crippen LogP contribution in [-0.4, -0.2) is 22.7 Å². The molecule has 0 atom stereocenters. The molecule has 0 fully saturated rings. The van der Waals surface area contributed by atoms with Gasteiger partial charge in [0.15, 0.2) is 17.2 Å². The number of carbonyl (C=O) groups is 1. The van der Waals surface area contributed by atoms with Gasteiger partial charge in [-0.3, -0.25) is 10.1 Å². The molecule has 8 nitrogen and oxygen atoms in total. The Morgan fingerprint density at radius 1 is 1.21 bits per heavy atom. The van der Waals surface area contributed by atoms with Crippen molar-refractivity contribution in [1.82, 2.24) is 5.16 Å². The number of nitro groups is 1. The lowest BCUT2D eigenvalue weighted by Gasteiger charge is -2.08. The van der Waals surface area contributed by atoms with Crippen molar-refractivity contribution >= 4 is 23.3 Å². The zero-order chi connectivity index (χ0) is 20.1. The molecule has 0 unspecified atom stereocenters. The van der Waals surface area contributed by atoms with Crippen LogP contribution in [0.5, 0.6) is 5.75 Å². The summed E-state index contributed by atoms with van der Waals surface area (Å²) >= 11 is 5.84. The molecule has 28 heavy (non-hydrogen) atoms. The molecular formula is C19H15ClN2O6. The van der Waals surface area contributed by atoms with Crippen molar-refractivity contribution in [3.05, 3.63) is 74.9 Å². The van der Waals surface area contributed by atoms with Crippen LogP contribution >= 0.6 is 11.6 Å². The summed E-state index contributed by atoms with van der Waals surface area (Å²) in [6.45, 7) is 2.02. The monoisotopic (exact) mass is 402 g/mol. The lowest BCUT2D eigenvalue weighted by atomic mass is 10.1. The third-order valence-corrected chi connectivity index (χ3v) is 3.99. The normalized spacial score (nSPS) is 10.5. The Labute approximate surface area is 164 Å². The van der Waals surface area contributed by atoms with Crippen LogP contribution in [-0.2, 0) is 11.3 Å². The van der Waals surface area contributed by atoms with Gasteiger partial charge in [0.2, 0.25) is 0 Å². The van der Waals surface area contributed by atoms with E-state index in [1.54, 1.807) is 37.3 Å². The van der Waals surface area contributed by atoms with Gasteiger partial charge in [-0.05, 0) is 36.8 Å². The van der Waals surface area contributed by atoms with E-state index in [2.05, 4.69) is 5.16 Å². The average molecular weight is 403 g/mol. The molecule has 1 aromatic heterocycles. The minimum atomic E-state index is -0.630. The highest BCUT2D eigenvalue weighted by atomic mass is 35.5. The molecule has 0 aliphatic rings. The van der Waals surface area contributed by atoms with Gasteiger partial charge in [-0.1, -0.05) is 28.9 Å². The first kappa shape index (κ1) is 19.4. The van der Waals surface area contributed by atoms with Crippen molar-refractivity contribution in [3.63, 3.8) is 0 Å². The number of carbonyl (C=O) groups excluding carboxylic acids is 1. The first-order valence-corrected chi connectivity index (χ1v) is 8.65. The fraction of sp³-hybridized carbons (Fsp3) is 0.158. The summed E-state index contributed by atoms with van der Waals surface area (Å²) in [4.78, 5) is 22.6. The van der Waals surface area contributed by atoms with Gasteiger partial charge in [0.25, 0.3) is 0 Å². The Morgan fingerprint density at radius 2 is 1.96 bits per heavy atom. The van der Waals surface area contributed by atoms with E-state index in [0.29, 0.717) is 10.6 Å². The molecule has 0 aliphatic carbocycles. The number of nitro benzene ring substituents is 1. The Kier molecular flexibility index (Phi) is 5.90. The number of nitrogens with zero attached hydrogens (tertiary/aromatic N) is 2. The first-order valence-electron chi connectivity index (χ1n) is 8.28. The second-order valence-electron chi connectivity index (χ2n) is 5.65. The molecular weight excluding hydrogens is 388 g/mol. The maximum absolute atomic E-state index is 11.7. The topological polar surface area (TPSA) is 105 Å². The smallest absolute Gasteiger partial charge is 0.360 e. The lowest BCUT2D eigenvalue weighted by Crippen LogP contribution is -2.04. The highest BCUT2D eigenvalue weighted by Gasteiger charge is 2.20. The fourth-order valence-electron chi connectivity index (χ4n) is 2.39. The number of halogens is 1. The molecule has 2 aromatic carbocycles. The van der Waals surface area contributed by atoms with E-state index >= 15 is 0 Å². The number of rotatable bonds is 7. The number of benzene rings is 2. The van der Waals surface area contributed by atoms with Gasteiger partial charge in [-0.15, -0.1) is 0 Å². The summed E-state index contributed by atoms with van der Waals surface area (Å²) in [5.74, 6) is -0.320. The van der Waals surface area contributed by atoms with Crippen LogP contribution in [0.3, 0.4) is 0 Å². The van der Waals surface area contributed by atoms with Crippen molar-refractivity contribution in [2.24, 2.45) is 0 Å². The largest absolute Gasteiger partial charge is 0.482 e. The van der Waals surface area contributed by atoms with Gasteiger partial charge in [0.05, 0.1) is 11.5 Å². The van der Waals surface area contributed by atoms with Crippen LogP contribution in [0.25, 0.3) is 11.3 Å². The second kappa shape index (κ2) is 8.53. The predicted molar refractivity (Wildman–Crippen MR) is 100 cm³/mol. The molecule has 0 aliphatic heterocycles. The number of ether oxygens (including phenoxy) is 2. The highest BCUT2D eigenvalue weighted by Crippen LogP contribution is 2.33. The lowest BCUT2D eigenvalue weighted by molar-refractivity contribution is -0.385. The van der Waals surface area contributed by atoms with Crippen molar-refractivity contribution in [1.29, 1.82) is 0 Å². The quantitative estimate of drug-likeness (QED) is 0.321. The van der Waals surface area contributed by atoms with Crippen molar-refractivity contribution in [2.45, 2.75) is 13.5 Å². The summed E-state index contributed by atoms with van der Waals surface area (Å²) in [6, 6.07) is 12.7. The summed E-state index contributed by atoms with van der Waals surface area (Å²) in [7, 11) is 0. The number of esters is 1. The van der Waals surface area contributed by atoms with Crippen molar-refractivity contribution < 1.29 is 23.7 Å². The molecule has 0 amide bonds. The number of hydrogen-bond acceptors (Lipinski definition) is 7. The van der Waals surface area contributed by atoms with E-state index in [-0.39, 0.29) is 36.1 Å². The van der Waals surface area contributed by atoms with Gasteiger partial charge in [-0.2, -0.15) is 0 Å². The SMILES string of the molecule is CCOC(=O)c1cc(-c2ccc(OCc3ccc(Cl)cc3)c([N+](=O)[O-])c2)on1. The molecule has 3 rings (SSSR count). The maximum atomic E-state index is 11.7. The van der Waals surface area contributed by atoms with E-state index in [1.807, 2.05) is 0 Å². The Bertz CT molecular complexity index is 1000. The Hall–Kier alpha value is -3.39. The third kappa shape index (κ3) is 4.47. The second-order valence-corrected chi connectivity index (χ2v) is 6.09. The summed E-state index contributed by atoms with van der Waals surface area (Å²) in [5.41, 5.74) is 0.953. The molecule has 144 valence electrons. The molecule has 0 saturated carbocycles. The van der Waals surface area contributed by atoms with Gasteiger partial charge in [0.1, 0.15) is 6.61 Å². The van der Waals surface area contributed by atoms with E-state index in [0.717, 1.165) is 5.56 Å². The van der Waals surface area contributed by atoms with E-state index < -0.39 is 10.9 Å². The van der Waals surface area contributed by atoms with Gasteiger partial charge < -0.3 is 14.0 Å². The van der Waals surface area contributed by atoms with E-state index in [4.69, 9.17) is 25.6 Å². The van der Waals surface area contributed by atoms with Crippen molar-refractivity contribution in [2.75, 3.05) is 6.61 Å². The molecule has 0 radical (unpaired) electrons. The number of hydrogen-bond donors (Lipinski definition) is 0. The van der Waals surface area contributed by atoms with E-state index in [9.17, 15) is 14.9 Å². The summed E-state index contributed by atoms with van der Waals surface area (Å²) < 4.78 is 15.5. The van der Waals surface area contributed by atoms with Crippen LogP contribution in [0.4, 0.5) is 5.69 Å². The zero-order valence-electron chi connectivity index (χ0n) is 14.8. The average Bonchev–Trinajstić information content (AvgIpc) is 3.18. The molecule has 0 bridgehead atoms. The third-order valence-electron chi connectivity index (χ3n) is 3.74. The molecule has 0 N–H and O–H groups in total.